The minimum absolute atomic E-state index is 0.522. The first-order valence-electron chi connectivity index (χ1n) is 4.38. The first-order chi connectivity index (χ1) is 8.65. The molecule has 0 atom stereocenters. The summed E-state index contributed by atoms with van der Waals surface area (Å²) < 4.78 is 44.0. The van der Waals surface area contributed by atoms with Crippen molar-refractivity contribution in [2.45, 2.75) is 6.36 Å². The number of nitro groups is 1. The van der Waals surface area contributed by atoms with E-state index in [0.717, 1.165) is 7.11 Å². The predicted molar refractivity (Wildman–Crippen MR) is 51.1 cm³/mol. The van der Waals surface area contributed by atoms with E-state index in [1.165, 1.54) is 0 Å². The maximum atomic E-state index is 12.0. The number of alkyl halides is 3. The van der Waals surface area contributed by atoms with E-state index in [4.69, 9.17) is 5.11 Å². The van der Waals surface area contributed by atoms with Crippen molar-refractivity contribution in [1.82, 2.24) is 4.98 Å². The number of carbonyl (C=O) groups is 1. The number of pyridine rings is 1. The van der Waals surface area contributed by atoms with Crippen molar-refractivity contribution >= 4 is 11.8 Å². The van der Waals surface area contributed by atoms with Crippen LogP contribution >= 0.6 is 0 Å². The first kappa shape index (κ1) is 14.5. The fraction of sp³-hybridized carbons (Fsp3) is 0.250. The molecule has 0 aliphatic carbocycles. The highest BCUT2D eigenvalue weighted by atomic mass is 19.4. The van der Waals surface area contributed by atoms with Gasteiger partial charge in [0.25, 0.3) is 0 Å². The van der Waals surface area contributed by atoms with Gasteiger partial charge in [0.2, 0.25) is 5.75 Å². The summed E-state index contributed by atoms with van der Waals surface area (Å²) in [5.41, 5.74) is -0.920. The molecule has 1 aromatic heterocycles. The van der Waals surface area contributed by atoms with E-state index in [1.54, 1.807) is 0 Å². The Morgan fingerprint density at radius 2 is 2.11 bits per heavy atom. The van der Waals surface area contributed by atoms with Crippen LogP contribution in [0.1, 0.15) is 10.4 Å². The number of rotatable bonds is 4. The Bertz CT molecular complexity index is 530. The van der Waals surface area contributed by atoms with Crippen LogP contribution in [0.15, 0.2) is 6.07 Å². The Kier molecular flexibility index (Phi) is 3.77. The smallest absolute Gasteiger partial charge is 0.489 e. The Morgan fingerprint density at radius 3 is 2.47 bits per heavy atom. The van der Waals surface area contributed by atoms with Crippen molar-refractivity contribution in [2.24, 2.45) is 0 Å². The van der Waals surface area contributed by atoms with E-state index in [1.807, 2.05) is 0 Å². The maximum Gasteiger partial charge on any atom is 0.575 e. The second-order valence-electron chi connectivity index (χ2n) is 2.98. The highest BCUT2D eigenvalue weighted by molar-refractivity contribution is 5.92. The number of ether oxygens (including phenoxy) is 2. The lowest BCUT2D eigenvalue weighted by molar-refractivity contribution is -0.390. The number of carboxylic acids is 1. The van der Waals surface area contributed by atoms with Crippen molar-refractivity contribution in [2.75, 3.05) is 7.11 Å². The fourth-order valence-corrected chi connectivity index (χ4v) is 1.09. The van der Waals surface area contributed by atoms with Crippen LogP contribution in [0.25, 0.3) is 0 Å². The van der Waals surface area contributed by atoms with Gasteiger partial charge in [-0.25, -0.2) is 4.79 Å². The minimum atomic E-state index is -5.15. The van der Waals surface area contributed by atoms with Crippen LogP contribution in [-0.4, -0.2) is 34.5 Å². The molecular formula is C8H5F3N2O6. The number of carboxylic acid groups (broad SMARTS) is 1. The highest BCUT2D eigenvalue weighted by Gasteiger charge is 2.37. The summed E-state index contributed by atoms with van der Waals surface area (Å²) in [6, 6.07) is 0.522. The third kappa shape index (κ3) is 3.43. The Hall–Kier alpha value is -2.59. The third-order valence-corrected chi connectivity index (χ3v) is 1.77. The molecule has 0 saturated heterocycles. The van der Waals surface area contributed by atoms with Gasteiger partial charge < -0.3 is 24.7 Å². The van der Waals surface area contributed by atoms with Crippen molar-refractivity contribution in [1.29, 1.82) is 0 Å². The number of hydrogen-bond donors (Lipinski definition) is 1. The molecule has 1 aromatic rings. The molecule has 1 rings (SSSR count). The zero-order valence-electron chi connectivity index (χ0n) is 9.09. The summed E-state index contributed by atoms with van der Waals surface area (Å²) in [5, 5.41) is 19.2. The van der Waals surface area contributed by atoms with Crippen LogP contribution in [0, 0.1) is 10.1 Å². The number of aromatic carboxylic acids is 1. The molecular weight excluding hydrogens is 277 g/mol. The van der Waals surface area contributed by atoms with Crippen molar-refractivity contribution < 1.29 is 37.5 Å². The Labute approximate surface area is 102 Å². The summed E-state index contributed by atoms with van der Waals surface area (Å²) in [6.45, 7) is 0. The predicted octanol–water partition coefficient (Wildman–Crippen LogP) is 1.60. The molecule has 0 amide bonds. The second-order valence-corrected chi connectivity index (χ2v) is 2.98. The molecule has 8 nitrogen and oxygen atoms in total. The fourth-order valence-electron chi connectivity index (χ4n) is 1.09. The van der Waals surface area contributed by atoms with E-state index >= 15 is 0 Å². The van der Waals surface area contributed by atoms with Gasteiger partial charge in [0.1, 0.15) is 0 Å². The number of nitrogens with zero attached hydrogens (tertiary/aromatic N) is 2. The summed E-state index contributed by atoms with van der Waals surface area (Å²) in [7, 11) is 0.928. The SMILES string of the molecule is COc1cc(C(=O)O)c([N+](=O)[O-])nc1OC(F)(F)F. The molecule has 0 bridgehead atoms. The summed E-state index contributed by atoms with van der Waals surface area (Å²) in [6.07, 6.45) is -5.15. The number of methoxy groups -OCH3 is 1. The molecule has 104 valence electrons. The van der Waals surface area contributed by atoms with E-state index in [0.29, 0.717) is 6.07 Å². The van der Waals surface area contributed by atoms with Crippen LogP contribution in [0.4, 0.5) is 19.0 Å². The zero-order chi connectivity index (χ0) is 14.8. The topological polar surface area (TPSA) is 112 Å². The van der Waals surface area contributed by atoms with Gasteiger partial charge in [-0.2, -0.15) is 0 Å². The van der Waals surface area contributed by atoms with Gasteiger partial charge in [-0.15, -0.1) is 13.2 Å². The molecule has 1 N–H and O–H groups in total. The Balaban J connectivity index is 3.44. The van der Waals surface area contributed by atoms with Gasteiger partial charge >= 0.3 is 24.0 Å². The second kappa shape index (κ2) is 4.96. The van der Waals surface area contributed by atoms with E-state index in [9.17, 15) is 28.1 Å². The number of aromatic nitrogens is 1. The lowest BCUT2D eigenvalue weighted by atomic mass is 10.2. The average Bonchev–Trinajstić information content (AvgIpc) is 2.25. The molecule has 19 heavy (non-hydrogen) atoms. The van der Waals surface area contributed by atoms with Crippen molar-refractivity contribution in [3.8, 4) is 11.6 Å². The number of hydrogen-bond acceptors (Lipinski definition) is 6. The zero-order valence-corrected chi connectivity index (χ0v) is 9.09. The molecule has 0 aliphatic rings. The van der Waals surface area contributed by atoms with Crippen LogP contribution in [0.5, 0.6) is 11.6 Å². The van der Waals surface area contributed by atoms with Gasteiger partial charge in [0.05, 0.1) is 7.11 Å². The lowest BCUT2D eigenvalue weighted by Gasteiger charge is -2.09. The van der Waals surface area contributed by atoms with Crippen LogP contribution in [0.3, 0.4) is 0 Å². The molecule has 1 heterocycles. The van der Waals surface area contributed by atoms with Gasteiger partial charge in [0, 0.05) is 11.1 Å². The van der Waals surface area contributed by atoms with Crippen LogP contribution in [0.2, 0.25) is 0 Å². The van der Waals surface area contributed by atoms with Crippen molar-refractivity contribution in [3.05, 3.63) is 21.7 Å². The molecule has 0 radical (unpaired) electrons. The van der Waals surface area contributed by atoms with Gasteiger partial charge in [0.15, 0.2) is 5.56 Å². The monoisotopic (exact) mass is 282 g/mol. The lowest BCUT2D eigenvalue weighted by Crippen LogP contribution is -2.19. The molecule has 0 aliphatic heterocycles. The molecule has 11 heteroatoms. The summed E-state index contributed by atoms with van der Waals surface area (Å²) >= 11 is 0. The van der Waals surface area contributed by atoms with Gasteiger partial charge in [-0.3, -0.25) is 0 Å². The molecule has 0 saturated carbocycles. The molecule has 0 aromatic carbocycles. The molecule has 0 unspecified atom stereocenters. The van der Waals surface area contributed by atoms with Crippen molar-refractivity contribution in [3.63, 3.8) is 0 Å². The average molecular weight is 282 g/mol. The van der Waals surface area contributed by atoms with E-state index in [-0.39, 0.29) is 0 Å². The molecule has 0 fully saturated rings. The van der Waals surface area contributed by atoms with E-state index in [2.05, 4.69) is 14.5 Å². The molecule has 0 spiro atoms. The summed E-state index contributed by atoms with van der Waals surface area (Å²) in [5.74, 6) is -4.96. The standard InChI is InChI=1S/C8H5F3N2O6/c1-18-4-2-3(7(14)15)5(13(16)17)12-6(4)19-8(9,10)11/h2H,1H3,(H,14,15). The highest BCUT2D eigenvalue weighted by Crippen LogP contribution is 2.34. The summed E-state index contributed by atoms with van der Waals surface area (Å²) in [4.78, 5) is 22.9. The van der Waals surface area contributed by atoms with Gasteiger partial charge in [-0.05, 0) is 4.92 Å². The normalized spacial score (nSPS) is 10.9. The van der Waals surface area contributed by atoms with E-state index < -0.39 is 40.3 Å². The third-order valence-electron chi connectivity index (χ3n) is 1.77. The quantitative estimate of drug-likeness (QED) is 0.659. The maximum absolute atomic E-state index is 12.0. The Morgan fingerprint density at radius 1 is 1.53 bits per heavy atom. The van der Waals surface area contributed by atoms with Gasteiger partial charge in [-0.1, -0.05) is 0 Å². The van der Waals surface area contributed by atoms with Crippen LogP contribution < -0.4 is 9.47 Å². The number of halogens is 3. The van der Waals surface area contributed by atoms with Crippen LogP contribution in [-0.2, 0) is 0 Å². The first-order valence-corrected chi connectivity index (χ1v) is 4.38. The largest absolute Gasteiger partial charge is 0.575 e. The minimum Gasteiger partial charge on any atom is -0.489 e.